The number of Topliss-reactive ketones (excluding diaryl/α,β-unsaturated/α-hetero) is 2. The van der Waals surface area contributed by atoms with E-state index in [1.54, 1.807) is 66.4 Å². The summed E-state index contributed by atoms with van der Waals surface area (Å²) in [7, 11) is 0. The molecule has 1 N–H and O–H groups in total. The number of carbonyl (C=O) groups excluding carboxylic acids is 5. The molecule has 0 radical (unpaired) electrons. The van der Waals surface area contributed by atoms with Gasteiger partial charge in [0.2, 0.25) is 0 Å². The first-order valence-electron chi connectivity index (χ1n) is 16.3. The van der Waals surface area contributed by atoms with Crippen LogP contribution in [0.4, 0.5) is 5.69 Å². The molecule has 3 amide bonds. The minimum absolute atomic E-state index is 0.0367. The minimum Gasteiger partial charge on any atom is -0.369 e. The minimum atomic E-state index is -1.23. The summed E-state index contributed by atoms with van der Waals surface area (Å²) in [5, 5.41) is 11.8. The molecule has 3 heterocycles. The number of halogens is 2. The van der Waals surface area contributed by atoms with Gasteiger partial charge >= 0.3 is 0 Å². The number of rotatable bonds is 8. The fourth-order valence-electron chi connectivity index (χ4n) is 6.97. The summed E-state index contributed by atoms with van der Waals surface area (Å²) < 4.78 is 0. The van der Waals surface area contributed by atoms with Crippen molar-refractivity contribution in [2.24, 2.45) is 0 Å². The van der Waals surface area contributed by atoms with E-state index < -0.39 is 29.7 Å². The van der Waals surface area contributed by atoms with E-state index in [1.165, 1.54) is 23.1 Å². The quantitative estimate of drug-likeness (QED) is 0.0735. The highest BCUT2D eigenvalue weighted by Gasteiger charge is 2.43. The summed E-state index contributed by atoms with van der Waals surface area (Å²) in [5.74, 6) is -2.77. The van der Waals surface area contributed by atoms with Crippen LogP contribution in [0, 0.1) is 0 Å². The van der Waals surface area contributed by atoms with Gasteiger partial charge in [-0.2, -0.15) is 0 Å². The number of unbranched alkanes of at least 4 members (excludes halogenated alkanes) is 1. The average molecular weight is 737 g/mol. The van der Waals surface area contributed by atoms with Crippen LogP contribution >= 0.6 is 35.0 Å². The molecule has 2 atom stereocenters. The Hall–Kier alpha value is -4.87. The third-order valence-electron chi connectivity index (χ3n) is 9.59. The molecule has 12 heteroatoms. The fraction of sp³-hybridized carbons (Fsp3) is 0.179. The van der Waals surface area contributed by atoms with Gasteiger partial charge in [-0.3, -0.25) is 24.0 Å². The van der Waals surface area contributed by atoms with Crippen molar-refractivity contribution in [1.82, 2.24) is 9.88 Å². The molecule has 9 nitrogen and oxygen atoms in total. The summed E-state index contributed by atoms with van der Waals surface area (Å²) in [5.41, 5.74) is 2.62. The largest absolute Gasteiger partial charge is 0.369 e. The summed E-state index contributed by atoms with van der Waals surface area (Å²) in [4.78, 5) is 76.6. The highest BCUT2D eigenvalue weighted by atomic mass is 35.5. The third-order valence-corrected chi connectivity index (χ3v) is 11.4. The number of amides is 3. The Morgan fingerprint density at radius 1 is 0.765 bits per heavy atom. The number of fused-ring (bicyclic) bond motifs is 4. The summed E-state index contributed by atoms with van der Waals surface area (Å²) >= 11 is 14.0. The average Bonchev–Trinajstić information content (AvgIpc) is 3.63. The monoisotopic (exact) mass is 735 g/mol. The number of carbonyl (C=O) groups is 5. The molecule has 0 saturated heterocycles. The van der Waals surface area contributed by atoms with Gasteiger partial charge in [-0.15, -0.1) is 11.8 Å². The first-order valence-corrected chi connectivity index (χ1v) is 18.1. The van der Waals surface area contributed by atoms with Gasteiger partial charge in [-0.1, -0.05) is 66.9 Å². The third kappa shape index (κ3) is 5.28. The molecule has 2 aliphatic heterocycles. The molecular formula is C39H27Cl2N3O6S. The maximum Gasteiger partial charge on any atom is 0.266 e. The van der Waals surface area contributed by atoms with Crippen molar-refractivity contribution in [2.75, 3.05) is 10.7 Å². The van der Waals surface area contributed by atoms with Gasteiger partial charge in [0.05, 0.1) is 38.1 Å². The number of thioether (sulfide) groups is 1. The van der Waals surface area contributed by atoms with Crippen molar-refractivity contribution in [3.63, 3.8) is 0 Å². The second-order valence-corrected chi connectivity index (χ2v) is 14.6. The van der Waals surface area contributed by atoms with Crippen molar-refractivity contribution in [3.8, 4) is 0 Å². The standard InChI is InChI=1S/C39H27Cl2N3O6S/c1-2-3-14-51-20-9-10-22-25(15-20)35(46)32(34(22)45)30-12-11-21-19(18-43-36(47)23-6-4-5-7-24(23)37(43)48)8-13-31(33(21)42-30)44-38(49)26-16-28(40)29(41)17-27(26)39(44)50/h4-13,15-17,32,36,47H,2-3,14,18H2,1H3. The zero-order valence-electron chi connectivity index (χ0n) is 27.0. The van der Waals surface area contributed by atoms with Gasteiger partial charge < -0.3 is 10.0 Å². The number of imide groups is 1. The van der Waals surface area contributed by atoms with E-state index in [4.69, 9.17) is 28.2 Å². The van der Waals surface area contributed by atoms with E-state index in [0.717, 1.165) is 28.4 Å². The van der Waals surface area contributed by atoms with Crippen LogP contribution in [0.1, 0.15) is 101 Å². The molecule has 2 unspecified atom stereocenters. The summed E-state index contributed by atoms with van der Waals surface area (Å²) in [6.07, 6.45) is 0.867. The predicted octanol–water partition coefficient (Wildman–Crippen LogP) is 8.04. The van der Waals surface area contributed by atoms with Crippen molar-refractivity contribution in [1.29, 1.82) is 0 Å². The zero-order chi connectivity index (χ0) is 35.7. The highest BCUT2D eigenvalue weighted by molar-refractivity contribution is 7.99. The first-order chi connectivity index (χ1) is 24.6. The lowest BCUT2D eigenvalue weighted by Crippen LogP contribution is -2.30. The Bertz CT molecular complexity index is 2360. The molecular weight excluding hydrogens is 709 g/mol. The van der Waals surface area contributed by atoms with Crippen molar-refractivity contribution < 1.29 is 29.1 Å². The van der Waals surface area contributed by atoms with Crippen LogP contribution in [0.5, 0.6) is 0 Å². The SMILES string of the molecule is CCCCSc1ccc2c(c1)C(=O)C(c1ccc3c(CN4C(=O)c5ccccc5C4O)ccc(N4C(=O)c5cc(Cl)c(Cl)cc5C4=O)c3n1)C2=O. The van der Waals surface area contributed by atoms with E-state index in [9.17, 15) is 29.1 Å². The van der Waals surface area contributed by atoms with Crippen LogP contribution in [0.15, 0.2) is 83.8 Å². The Labute approximate surface area is 306 Å². The fourth-order valence-corrected chi connectivity index (χ4v) is 8.33. The Balaban J connectivity index is 1.23. The molecule has 0 spiro atoms. The second-order valence-electron chi connectivity index (χ2n) is 12.6. The predicted molar refractivity (Wildman–Crippen MR) is 194 cm³/mol. The molecule has 5 aromatic rings. The van der Waals surface area contributed by atoms with Crippen LogP contribution in [0.2, 0.25) is 10.0 Å². The van der Waals surface area contributed by atoms with Crippen LogP contribution in [-0.4, -0.2) is 50.0 Å². The van der Waals surface area contributed by atoms with E-state index in [2.05, 4.69) is 6.92 Å². The second kappa shape index (κ2) is 12.7. The molecule has 1 aliphatic carbocycles. The first kappa shape index (κ1) is 33.3. The number of hydrogen-bond acceptors (Lipinski definition) is 8. The Morgan fingerprint density at radius 3 is 2.18 bits per heavy atom. The van der Waals surface area contributed by atoms with Gasteiger partial charge in [0.25, 0.3) is 17.7 Å². The number of aliphatic hydroxyl groups is 1. The molecule has 4 aromatic carbocycles. The lowest BCUT2D eigenvalue weighted by atomic mass is 9.97. The molecule has 254 valence electrons. The Kier molecular flexibility index (Phi) is 8.30. The van der Waals surface area contributed by atoms with Crippen molar-refractivity contribution >= 4 is 80.8 Å². The van der Waals surface area contributed by atoms with E-state index in [0.29, 0.717) is 33.2 Å². The van der Waals surface area contributed by atoms with Crippen LogP contribution in [-0.2, 0) is 6.54 Å². The van der Waals surface area contributed by atoms with E-state index in [-0.39, 0.29) is 56.3 Å². The number of ketones is 2. The van der Waals surface area contributed by atoms with Gasteiger partial charge in [-0.25, -0.2) is 9.88 Å². The molecule has 0 fully saturated rings. The molecule has 8 rings (SSSR count). The number of hydrogen-bond donors (Lipinski definition) is 1. The zero-order valence-corrected chi connectivity index (χ0v) is 29.3. The molecule has 3 aliphatic rings. The van der Waals surface area contributed by atoms with Crippen molar-refractivity contribution in [3.05, 3.63) is 134 Å². The number of aliphatic hydroxyl groups excluding tert-OH is 1. The van der Waals surface area contributed by atoms with Gasteiger partial charge in [0.1, 0.15) is 5.92 Å². The molecule has 51 heavy (non-hydrogen) atoms. The summed E-state index contributed by atoms with van der Waals surface area (Å²) in [6.45, 7) is 2.07. The highest BCUT2D eigenvalue weighted by Crippen LogP contribution is 2.41. The van der Waals surface area contributed by atoms with Crippen LogP contribution < -0.4 is 4.90 Å². The number of nitrogens with zero attached hydrogens (tertiary/aromatic N) is 3. The normalized spacial score (nSPS) is 17.9. The van der Waals surface area contributed by atoms with E-state index in [1.807, 2.05) is 6.07 Å². The number of pyridine rings is 1. The van der Waals surface area contributed by atoms with E-state index >= 15 is 0 Å². The number of aromatic nitrogens is 1. The summed E-state index contributed by atoms with van der Waals surface area (Å²) in [6, 6.07) is 21.2. The molecule has 0 bridgehead atoms. The number of benzene rings is 4. The van der Waals surface area contributed by atoms with Gasteiger partial charge in [0, 0.05) is 39.1 Å². The topological polar surface area (TPSA) is 125 Å². The number of anilines is 1. The lowest BCUT2D eigenvalue weighted by Gasteiger charge is -2.23. The maximum absolute atomic E-state index is 13.9. The Morgan fingerprint density at radius 2 is 1.47 bits per heavy atom. The van der Waals surface area contributed by atoms with Crippen LogP contribution in [0.25, 0.3) is 10.9 Å². The van der Waals surface area contributed by atoms with Gasteiger partial charge in [0.15, 0.2) is 17.8 Å². The van der Waals surface area contributed by atoms with Crippen molar-refractivity contribution in [2.45, 2.75) is 43.4 Å². The van der Waals surface area contributed by atoms with Crippen LogP contribution in [0.3, 0.4) is 0 Å². The molecule has 1 aromatic heterocycles. The lowest BCUT2D eigenvalue weighted by molar-refractivity contribution is 0.0139. The maximum atomic E-state index is 13.9. The van der Waals surface area contributed by atoms with Gasteiger partial charge in [-0.05, 0) is 66.3 Å². The molecule has 0 saturated carbocycles. The smallest absolute Gasteiger partial charge is 0.266 e.